The van der Waals surface area contributed by atoms with Crippen molar-refractivity contribution in [3.05, 3.63) is 20.8 Å². The van der Waals surface area contributed by atoms with Gasteiger partial charge in [0, 0.05) is 11.4 Å². The highest BCUT2D eigenvalue weighted by atomic mass is 79.9. The fourth-order valence-corrected chi connectivity index (χ4v) is 2.33. The molecule has 0 bridgehead atoms. The van der Waals surface area contributed by atoms with E-state index in [1.807, 2.05) is 12.1 Å². The van der Waals surface area contributed by atoms with Crippen molar-refractivity contribution in [3.63, 3.8) is 0 Å². The van der Waals surface area contributed by atoms with Crippen LogP contribution in [0, 0.1) is 0 Å². The molecule has 1 heterocycles. The molecule has 5 heteroatoms. The van der Waals surface area contributed by atoms with E-state index in [0.29, 0.717) is 6.54 Å². The largest absolute Gasteiger partial charge is 0.453 e. The summed E-state index contributed by atoms with van der Waals surface area (Å²) in [6.45, 7) is 0.611. The molecule has 1 aromatic rings. The topological polar surface area (TPSA) is 38.3 Å². The van der Waals surface area contributed by atoms with E-state index in [0.717, 1.165) is 10.2 Å². The Bertz CT molecular complexity index is 287. The maximum Gasteiger partial charge on any atom is 0.406 e. The maximum absolute atomic E-state index is 10.7. The number of nitrogens with one attached hydrogen (secondary N) is 1. The van der Waals surface area contributed by atoms with Crippen LogP contribution in [0.3, 0.4) is 0 Å². The van der Waals surface area contributed by atoms with Crippen LogP contribution in [0.25, 0.3) is 0 Å². The second kappa shape index (κ2) is 5.24. The van der Waals surface area contributed by atoms with Crippen molar-refractivity contribution >= 4 is 33.4 Å². The highest BCUT2D eigenvalue weighted by Crippen LogP contribution is 2.21. The fourth-order valence-electron chi connectivity index (χ4n) is 0.846. The molecule has 1 N–H and O–H groups in total. The number of amides is 1. The van der Waals surface area contributed by atoms with E-state index in [4.69, 9.17) is 0 Å². The first-order valence-electron chi connectivity index (χ1n) is 3.78. The highest BCUT2D eigenvalue weighted by Gasteiger charge is 1.99. The molecule has 0 aromatic carbocycles. The van der Waals surface area contributed by atoms with Crippen molar-refractivity contribution in [3.8, 4) is 0 Å². The molecule has 72 valence electrons. The average Bonchev–Trinajstić information content (AvgIpc) is 2.51. The third-order valence-corrected chi connectivity index (χ3v) is 3.14. The zero-order valence-corrected chi connectivity index (χ0v) is 9.57. The van der Waals surface area contributed by atoms with Gasteiger partial charge in [-0.2, -0.15) is 0 Å². The SMILES string of the molecule is COC(=O)NCCc1ccc(Br)s1. The summed E-state index contributed by atoms with van der Waals surface area (Å²) in [5, 5.41) is 2.62. The van der Waals surface area contributed by atoms with Gasteiger partial charge < -0.3 is 10.1 Å². The van der Waals surface area contributed by atoms with Crippen molar-refractivity contribution in [2.75, 3.05) is 13.7 Å². The van der Waals surface area contributed by atoms with E-state index in [1.165, 1.54) is 12.0 Å². The number of ether oxygens (including phenoxy) is 1. The van der Waals surface area contributed by atoms with Crippen LogP contribution < -0.4 is 5.32 Å². The molecule has 0 aliphatic heterocycles. The van der Waals surface area contributed by atoms with E-state index < -0.39 is 0 Å². The minimum Gasteiger partial charge on any atom is -0.453 e. The van der Waals surface area contributed by atoms with Crippen LogP contribution in [-0.2, 0) is 11.2 Å². The third-order valence-electron chi connectivity index (χ3n) is 1.45. The molecular formula is C8H10BrNO2S. The van der Waals surface area contributed by atoms with Gasteiger partial charge in [-0.15, -0.1) is 11.3 Å². The lowest BCUT2D eigenvalue weighted by molar-refractivity contribution is 0.171. The lowest BCUT2D eigenvalue weighted by Crippen LogP contribution is -2.24. The van der Waals surface area contributed by atoms with Crippen molar-refractivity contribution in [1.82, 2.24) is 5.32 Å². The number of hydrogen-bond acceptors (Lipinski definition) is 3. The Morgan fingerprint density at radius 2 is 2.46 bits per heavy atom. The minimum absolute atomic E-state index is 0.379. The van der Waals surface area contributed by atoms with Gasteiger partial charge in [0.15, 0.2) is 0 Å². The Morgan fingerprint density at radius 1 is 1.69 bits per heavy atom. The van der Waals surface area contributed by atoms with Crippen molar-refractivity contribution in [2.24, 2.45) is 0 Å². The first-order chi connectivity index (χ1) is 6.22. The first kappa shape index (κ1) is 10.5. The monoisotopic (exact) mass is 263 g/mol. The molecule has 0 saturated heterocycles. The quantitative estimate of drug-likeness (QED) is 0.910. The molecule has 0 fully saturated rings. The highest BCUT2D eigenvalue weighted by molar-refractivity contribution is 9.11. The van der Waals surface area contributed by atoms with Crippen LogP contribution in [0.2, 0.25) is 0 Å². The number of carbonyl (C=O) groups is 1. The van der Waals surface area contributed by atoms with Crippen molar-refractivity contribution < 1.29 is 9.53 Å². The van der Waals surface area contributed by atoms with Gasteiger partial charge in [0.2, 0.25) is 0 Å². The Hall–Kier alpha value is -0.550. The number of alkyl carbamates (subject to hydrolysis) is 1. The predicted molar refractivity (Wildman–Crippen MR) is 56.1 cm³/mol. The van der Waals surface area contributed by atoms with Gasteiger partial charge in [0.1, 0.15) is 0 Å². The molecule has 3 nitrogen and oxygen atoms in total. The average molecular weight is 264 g/mol. The summed E-state index contributed by atoms with van der Waals surface area (Å²) in [5.41, 5.74) is 0. The fraction of sp³-hybridized carbons (Fsp3) is 0.375. The van der Waals surface area contributed by atoms with Crippen molar-refractivity contribution in [2.45, 2.75) is 6.42 Å². The summed E-state index contributed by atoms with van der Waals surface area (Å²) in [5.74, 6) is 0. The predicted octanol–water partition coefficient (Wildman–Crippen LogP) is 2.41. The van der Waals surface area contributed by atoms with Gasteiger partial charge in [-0.3, -0.25) is 0 Å². The molecule has 0 aliphatic rings. The van der Waals surface area contributed by atoms with E-state index in [2.05, 4.69) is 26.0 Å². The zero-order valence-electron chi connectivity index (χ0n) is 7.17. The molecule has 0 spiro atoms. The zero-order chi connectivity index (χ0) is 9.68. The summed E-state index contributed by atoms with van der Waals surface area (Å²) in [7, 11) is 1.36. The van der Waals surface area contributed by atoms with Crippen LogP contribution >= 0.6 is 27.3 Å². The number of carbonyl (C=O) groups excluding carboxylic acids is 1. The van der Waals surface area contributed by atoms with E-state index in [1.54, 1.807) is 11.3 Å². The van der Waals surface area contributed by atoms with Crippen molar-refractivity contribution in [1.29, 1.82) is 0 Å². The second-order valence-electron chi connectivity index (χ2n) is 2.37. The molecule has 13 heavy (non-hydrogen) atoms. The maximum atomic E-state index is 10.7. The first-order valence-corrected chi connectivity index (χ1v) is 5.39. The lowest BCUT2D eigenvalue weighted by atomic mass is 10.3. The van der Waals surface area contributed by atoms with Crippen LogP contribution in [0.15, 0.2) is 15.9 Å². The molecule has 1 aromatic heterocycles. The molecule has 0 radical (unpaired) electrons. The Labute approximate surface area is 89.2 Å². The van der Waals surface area contributed by atoms with Gasteiger partial charge in [0.05, 0.1) is 10.9 Å². The summed E-state index contributed by atoms with van der Waals surface area (Å²) < 4.78 is 5.55. The van der Waals surface area contributed by atoms with Crippen LogP contribution in [0.1, 0.15) is 4.88 Å². The molecule has 1 amide bonds. The summed E-state index contributed by atoms with van der Waals surface area (Å²) in [6.07, 6.45) is 0.460. The Balaban J connectivity index is 2.24. The number of thiophene rings is 1. The number of hydrogen-bond donors (Lipinski definition) is 1. The molecule has 0 aliphatic carbocycles. The van der Waals surface area contributed by atoms with Gasteiger partial charge in [0.25, 0.3) is 0 Å². The van der Waals surface area contributed by atoms with Crippen LogP contribution in [0.5, 0.6) is 0 Å². The molecule has 0 unspecified atom stereocenters. The molecule has 1 rings (SSSR count). The number of halogens is 1. The van der Waals surface area contributed by atoms with Crippen LogP contribution in [0.4, 0.5) is 4.79 Å². The summed E-state index contributed by atoms with van der Waals surface area (Å²) in [6, 6.07) is 4.03. The smallest absolute Gasteiger partial charge is 0.406 e. The summed E-state index contributed by atoms with van der Waals surface area (Å²) in [4.78, 5) is 11.9. The van der Waals surface area contributed by atoms with E-state index in [9.17, 15) is 4.79 Å². The third kappa shape index (κ3) is 3.78. The van der Waals surface area contributed by atoms with Gasteiger partial charge >= 0.3 is 6.09 Å². The Kier molecular flexibility index (Phi) is 4.24. The van der Waals surface area contributed by atoms with Crippen LogP contribution in [-0.4, -0.2) is 19.7 Å². The molecular weight excluding hydrogens is 254 g/mol. The lowest BCUT2D eigenvalue weighted by Gasteiger charge is -2.00. The minimum atomic E-state index is -0.379. The standard InChI is InChI=1S/C8H10BrNO2S/c1-12-8(11)10-5-4-6-2-3-7(9)13-6/h2-3H,4-5H2,1H3,(H,10,11). The van der Waals surface area contributed by atoms with Gasteiger partial charge in [-0.1, -0.05) is 0 Å². The van der Waals surface area contributed by atoms with E-state index >= 15 is 0 Å². The normalized spacial score (nSPS) is 9.69. The van der Waals surface area contributed by atoms with E-state index in [-0.39, 0.29) is 6.09 Å². The van der Waals surface area contributed by atoms with Gasteiger partial charge in [-0.05, 0) is 34.5 Å². The molecule has 0 atom stereocenters. The van der Waals surface area contributed by atoms with Gasteiger partial charge in [-0.25, -0.2) is 4.79 Å². The second-order valence-corrected chi connectivity index (χ2v) is 4.92. The number of methoxy groups -OCH3 is 1. The molecule has 0 saturated carbocycles. The summed E-state index contributed by atoms with van der Waals surface area (Å²) >= 11 is 5.04. The number of rotatable bonds is 3. The Morgan fingerprint density at radius 3 is 3.00 bits per heavy atom.